The van der Waals surface area contributed by atoms with E-state index in [4.69, 9.17) is 16.3 Å². The van der Waals surface area contributed by atoms with E-state index in [0.717, 1.165) is 17.1 Å². The number of aromatic amines is 1. The molecule has 1 aromatic carbocycles. The number of H-pyrrole nitrogens is 1. The van der Waals surface area contributed by atoms with Gasteiger partial charge in [0.1, 0.15) is 16.7 Å². The third-order valence-electron chi connectivity index (χ3n) is 1.91. The van der Waals surface area contributed by atoms with Gasteiger partial charge >= 0.3 is 0 Å². The van der Waals surface area contributed by atoms with Gasteiger partial charge in [-0.3, -0.25) is 0 Å². The van der Waals surface area contributed by atoms with Crippen LogP contribution in [-0.2, 0) is 0 Å². The molecule has 0 unspecified atom stereocenters. The van der Waals surface area contributed by atoms with Crippen molar-refractivity contribution in [3.63, 3.8) is 0 Å². The SMILES string of the molecule is COc1ccc(-c2ncc(Cl)[nH]2)cc1. The minimum Gasteiger partial charge on any atom is -0.497 e. The normalized spacial score (nSPS) is 10.1. The molecule has 0 fully saturated rings. The molecule has 0 bridgehead atoms. The lowest BCUT2D eigenvalue weighted by atomic mass is 10.2. The minimum absolute atomic E-state index is 0.538. The highest BCUT2D eigenvalue weighted by Crippen LogP contribution is 2.20. The molecule has 0 saturated heterocycles. The highest BCUT2D eigenvalue weighted by atomic mass is 35.5. The van der Waals surface area contributed by atoms with Crippen LogP contribution in [0.2, 0.25) is 5.15 Å². The number of nitrogens with zero attached hydrogens (tertiary/aromatic N) is 1. The van der Waals surface area contributed by atoms with Crippen molar-refractivity contribution in [1.29, 1.82) is 0 Å². The van der Waals surface area contributed by atoms with Gasteiger partial charge < -0.3 is 9.72 Å². The second-order valence-electron chi connectivity index (χ2n) is 2.81. The Morgan fingerprint density at radius 2 is 2.00 bits per heavy atom. The number of rotatable bonds is 2. The first kappa shape index (κ1) is 9.09. The van der Waals surface area contributed by atoms with Crippen LogP contribution in [0.3, 0.4) is 0 Å². The molecule has 0 atom stereocenters. The second-order valence-corrected chi connectivity index (χ2v) is 3.22. The van der Waals surface area contributed by atoms with Crippen molar-refractivity contribution in [2.24, 2.45) is 0 Å². The number of ether oxygens (including phenoxy) is 1. The Labute approximate surface area is 86.7 Å². The molecule has 1 aromatic heterocycles. The lowest BCUT2D eigenvalue weighted by molar-refractivity contribution is 0.415. The zero-order chi connectivity index (χ0) is 9.97. The van der Waals surface area contributed by atoms with E-state index in [1.165, 1.54) is 0 Å². The van der Waals surface area contributed by atoms with Crippen molar-refractivity contribution in [1.82, 2.24) is 9.97 Å². The fraction of sp³-hybridized carbons (Fsp3) is 0.100. The van der Waals surface area contributed by atoms with Crippen LogP contribution in [0.25, 0.3) is 11.4 Å². The average molecular weight is 209 g/mol. The third kappa shape index (κ3) is 1.72. The number of methoxy groups -OCH3 is 1. The summed E-state index contributed by atoms with van der Waals surface area (Å²) >= 11 is 5.73. The van der Waals surface area contributed by atoms with E-state index in [1.54, 1.807) is 13.3 Å². The average Bonchev–Trinajstić information content (AvgIpc) is 2.65. The quantitative estimate of drug-likeness (QED) is 0.824. The molecule has 14 heavy (non-hydrogen) atoms. The van der Waals surface area contributed by atoms with Crippen molar-refractivity contribution in [2.45, 2.75) is 0 Å². The summed E-state index contributed by atoms with van der Waals surface area (Å²) in [6.45, 7) is 0. The van der Waals surface area contributed by atoms with E-state index < -0.39 is 0 Å². The van der Waals surface area contributed by atoms with Gasteiger partial charge in [-0.2, -0.15) is 0 Å². The molecule has 0 radical (unpaired) electrons. The fourth-order valence-electron chi connectivity index (χ4n) is 1.19. The zero-order valence-corrected chi connectivity index (χ0v) is 8.38. The number of aromatic nitrogens is 2. The van der Waals surface area contributed by atoms with Crippen LogP contribution in [0.5, 0.6) is 5.75 Å². The summed E-state index contributed by atoms with van der Waals surface area (Å²) in [6.07, 6.45) is 1.58. The van der Waals surface area contributed by atoms with Gasteiger partial charge in [-0.05, 0) is 24.3 Å². The molecule has 72 valence electrons. The van der Waals surface area contributed by atoms with Crippen LogP contribution in [0.1, 0.15) is 0 Å². The van der Waals surface area contributed by atoms with Crippen molar-refractivity contribution in [3.8, 4) is 17.1 Å². The number of hydrogen-bond acceptors (Lipinski definition) is 2. The molecule has 0 aliphatic rings. The lowest BCUT2D eigenvalue weighted by Crippen LogP contribution is -1.83. The molecule has 2 rings (SSSR count). The summed E-state index contributed by atoms with van der Waals surface area (Å²) in [6, 6.07) is 7.61. The molecule has 1 N–H and O–H groups in total. The van der Waals surface area contributed by atoms with Gasteiger partial charge in [-0.25, -0.2) is 4.98 Å². The largest absolute Gasteiger partial charge is 0.497 e. The van der Waals surface area contributed by atoms with Gasteiger partial charge in [-0.15, -0.1) is 0 Å². The van der Waals surface area contributed by atoms with Crippen LogP contribution in [0.4, 0.5) is 0 Å². The summed E-state index contributed by atoms with van der Waals surface area (Å²) in [4.78, 5) is 7.06. The molecular formula is C10H9ClN2O. The van der Waals surface area contributed by atoms with Crippen LogP contribution in [0, 0.1) is 0 Å². The van der Waals surface area contributed by atoms with E-state index in [1.807, 2.05) is 24.3 Å². The molecule has 4 heteroatoms. The van der Waals surface area contributed by atoms with Crippen molar-refractivity contribution >= 4 is 11.6 Å². The first-order chi connectivity index (χ1) is 6.79. The predicted octanol–water partition coefficient (Wildman–Crippen LogP) is 2.74. The molecule has 0 amide bonds. The molecule has 2 aromatic rings. The first-order valence-electron chi connectivity index (χ1n) is 4.14. The van der Waals surface area contributed by atoms with Gasteiger partial charge in [0.25, 0.3) is 0 Å². The second kappa shape index (κ2) is 3.72. The molecule has 0 aliphatic carbocycles. The van der Waals surface area contributed by atoms with Crippen LogP contribution >= 0.6 is 11.6 Å². The highest BCUT2D eigenvalue weighted by Gasteiger charge is 2.01. The van der Waals surface area contributed by atoms with Crippen LogP contribution in [0.15, 0.2) is 30.5 Å². The Morgan fingerprint density at radius 3 is 2.50 bits per heavy atom. The number of hydrogen-bond donors (Lipinski definition) is 1. The molecular weight excluding hydrogens is 200 g/mol. The summed E-state index contributed by atoms with van der Waals surface area (Å²) in [5.74, 6) is 1.59. The number of imidazole rings is 1. The van der Waals surface area contributed by atoms with Gasteiger partial charge in [0.15, 0.2) is 0 Å². The maximum Gasteiger partial charge on any atom is 0.138 e. The van der Waals surface area contributed by atoms with E-state index in [-0.39, 0.29) is 0 Å². The Bertz CT molecular complexity index is 422. The molecule has 0 spiro atoms. The molecule has 3 nitrogen and oxygen atoms in total. The van der Waals surface area contributed by atoms with Crippen LogP contribution in [-0.4, -0.2) is 17.1 Å². The first-order valence-corrected chi connectivity index (χ1v) is 4.52. The van der Waals surface area contributed by atoms with E-state index in [2.05, 4.69) is 9.97 Å². The van der Waals surface area contributed by atoms with Gasteiger partial charge in [0.2, 0.25) is 0 Å². The highest BCUT2D eigenvalue weighted by molar-refractivity contribution is 6.29. The summed E-state index contributed by atoms with van der Waals surface area (Å²) < 4.78 is 5.05. The van der Waals surface area contributed by atoms with Gasteiger partial charge in [-0.1, -0.05) is 11.6 Å². The molecule has 1 heterocycles. The van der Waals surface area contributed by atoms with Crippen LogP contribution < -0.4 is 4.74 Å². The lowest BCUT2D eigenvalue weighted by Gasteiger charge is -2.00. The number of nitrogens with one attached hydrogen (secondary N) is 1. The predicted molar refractivity (Wildman–Crippen MR) is 55.6 cm³/mol. The summed E-state index contributed by atoms with van der Waals surface area (Å²) in [7, 11) is 1.64. The van der Waals surface area contributed by atoms with Crippen molar-refractivity contribution in [2.75, 3.05) is 7.11 Å². The van der Waals surface area contributed by atoms with E-state index in [9.17, 15) is 0 Å². The van der Waals surface area contributed by atoms with Crippen molar-refractivity contribution in [3.05, 3.63) is 35.6 Å². The van der Waals surface area contributed by atoms with Gasteiger partial charge in [0, 0.05) is 5.56 Å². The summed E-state index contributed by atoms with van der Waals surface area (Å²) in [5.41, 5.74) is 0.984. The topological polar surface area (TPSA) is 37.9 Å². The maximum atomic E-state index is 5.73. The Balaban J connectivity index is 2.33. The van der Waals surface area contributed by atoms with E-state index >= 15 is 0 Å². The molecule has 0 aliphatic heterocycles. The Kier molecular flexibility index (Phi) is 2.41. The maximum absolute atomic E-state index is 5.73. The number of halogens is 1. The molecule has 0 saturated carbocycles. The monoisotopic (exact) mass is 208 g/mol. The fourth-order valence-corrected chi connectivity index (χ4v) is 1.33. The Morgan fingerprint density at radius 1 is 1.29 bits per heavy atom. The van der Waals surface area contributed by atoms with E-state index in [0.29, 0.717) is 5.15 Å². The minimum atomic E-state index is 0.538. The standard InChI is InChI=1S/C10H9ClN2O/c1-14-8-4-2-7(3-5-8)10-12-6-9(11)13-10/h2-6H,1H3,(H,12,13). The van der Waals surface area contributed by atoms with Crippen molar-refractivity contribution < 1.29 is 4.74 Å². The summed E-state index contributed by atoms with van der Waals surface area (Å²) in [5, 5.41) is 0.538. The number of benzene rings is 1. The zero-order valence-electron chi connectivity index (χ0n) is 7.62. The third-order valence-corrected chi connectivity index (χ3v) is 2.10. The van der Waals surface area contributed by atoms with Gasteiger partial charge in [0.05, 0.1) is 13.3 Å². The smallest absolute Gasteiger partial charge is 0.138 e. The Hall–Kier alpha value is -1.48.